The fraction of sp³-hybridized carbons (Fsp3) is 0.231. The van der Waals surface area contributed by atoms with Crippen LogP contribution in [0.4, 0.5) is 4.39 Å². The third-order valence-electron chi connectivity index (χ3n) is 6.09. The summed E-state index contributed by atoms with van der Waals surface area (Å²) in [6.07, 6.45) is 5.56. The minimum absolute atomic E-state index is 0.0112. The molecule has 0 bridgehead atoms. The van der Waals surface area contributed by atoms with Crippen molar-refractivity contribution in [1.29, 1.82) is 0 Å². The molecule has 1 aliphatic heterocycles. The fourth-order valence-electron chi connectivity index (χ4n) is 4.38. The molecular weight excluding hydrogens is 417 g/mol. The summed E-state index contributed by atoms with van der Waals surface area (Å²) in [6, 6.07) is 20.2. The Balaban J connectivity index is 1.32. The summed E-state index contributed by atoms with van der Waals surface area (Å²) in [5.41, 5.74) is 3.92. The smallest absolute Gasteiger partial charge is 0.253 e. The molecule has 1 saturated heterocycles. The molecule has 4 aromatic rings. The van der Waals surface area contributed by atoms with Crippen molar-refractivity contribution in [3.8, 4) is 5.69 Å². The number of piperidine rings is 1. The first-order valence-electron chi connectivity index (χ1n) is 11.1. The predicted octanol–water partition coefficient (Wildman–Crippen LogP) is 4.41. The molecule has 2 aromatic heterocycles. The zero-order chi connectivity index (χ0) is 22.6. The summed E-state index contributed by atoms with van der Waals surface area (Å²) in [5.74, 6) is -0.0470. The number of carbonyl (C=O) groups excluding carboxylic acids is 1. The maximum absolute atomic E-state index is 14.1. The average molecular weight is 442 g/mol. The molecule has 0 radical (unpaired) electrons. The van der Waals surface area contributed by atoms with Crippen LogP contribution >= 0.6 is 0 Å². The Labute approximate surface area is 191 Å². The molecule has 1 atom stereocenters. The van der Waals surface area contributed by atoms with Gasteiger partial charge in [0.2, 0.25) is 0 Å². The summed E-state index contributed by atoms with van der Waals surface area (Å²) in [4.78, 5) is 20.0. The molecule has 33 heavy (non-hydrogen) atoms. The van der Waals surface area contributed by atoms with Crippen LogP contribution in [-0.2, 0) is 6.42 Å². The standard InChI is InChI=1S/C26H24FN5O/c27-24-11-2-1-6-19(24)14-22-9-4-12-25(30-22)21-8-5-13-31(16-21)26(33)20-7-3-10-23(15-20)32-17-28-29-18-32/h1-4,6-7,9-12,15,17-18,21H,5,8,13-14,16H2/t21-/m1/s1. The highest BCUT2D eigenvalue weighted by atomic mass is 19.1. The number of hydrogen-bond donors (Lipinski definition) is 0. The van der Waals surface area contributed by atoms with E-state index in [0.717, 1.165) is 36.5 Å². The van der Waals surface area contributed by atoms with E-state index in [1.807, 2.05) is 53.4 Å². The Morgan fingerprint density at radius 2 is 1.82 bits per heavy atom. The van der Waals surface area contributed by atoms with Crippen molar-refractivity contribution < 1.29 is 9.18 Å². The first-order chi connectivity index (χ1) is 16.2. The van der Waals surface area contributed by atoms with Gasteiger partial charge in [-0.1, -0.05) is 30.3 Å². The highest BCUT2D eigenvalue weighted by Crippen LogP contribution is 2.27. The van der Waals surface area contributed by atoms with Crippen LogP contribution in [0, 0.1) is 5.82 Å². The second-order valence-corrected chi connectivity index (χ2v) is 8.33. The lowest BCUT2D eigenvalue weighted by Crippen LogP contribution is -2.39. The van der Waals surface area contributed by atoms with Gasteiger partial charge in [0.05, 0.1) is 0 Å². The lowest BCUT2D eigenvalue weighted by molar-refractivity contribution is 0.0706. The monoisotopic (exact) mass is 441 g/mol. The van der Waals surface area contributed by atoms with E-state index >= 15 is 0 Å². The van der Waals surface area contributed by atoms with E-state index in [4.69, 9.17) is 4.98 Å². The SMILES string of the molecule is O=C(c1cccc(-n2cnnc2)c1)N1CCC[C@@H](c2cccc(Cc3ccccc3F)n2)C1. The number of carbonyl (C=O) groups is 1. The molecule has 0 unspecified atom stereocenters. The molecule has 7 heteroatoms. The minimum Gasteiger partial charge on any atom is -0.338 e. The van der Waals surface area contributed by atoms with Gasteiger partial charge in [-0.25, -0.2) is 4.39 Å². The number of halogens is 1. The van der Waals surface area contributed by atoms with Gasteiger partial charge < -0.3 is 4.90 Å². The first-order valence-corrected chi connectivity index (χ1v) is 11.1. The van der Waals surface area contributed by atoms with Crippen molar-refractivity contribution in [3.63, 3.8) is 0 Å². The Kier molecular flexibility index (Phi) is 5.93. The third kappa shape index (κ3) is 4.67. The molecule has 0 spiro atoms. The summed E-state index contributed by atoms with van der Waals surface area (Å²) in [6.45, 7) is 1.34. The van der Waals surface area contributed by atoms with Crippen LogP contribution in [0.25, 0.3) is 5.69 Å². The number of hydrogen-bond acceptors (Lipinski definition) is 4. The molecule has 1 amide bonds. The van der Waals surface area contributed by atoms with Gasteiger partial charge in [0.25, 0.3) is 5.91 Å². The molecular formula is C26H24FN5O. The van der Waals surface area contributed by atoms with Crippen LogP contribution in [0.1, 0.15) is 46.1 Å². The van der Waals surface area contributed by atoms with Gasteiger partial charge in [-0.2, -0.15) is 0 Å². The van der Waals surface area contributed by atoms with Crippen LogP contribution in [0.3, 0.4) is 0 Å². The molecule has 2 aromatic carbocycles. The molecule has 6 nitrogen and oxygen atoms in total. The molecule has 5 rings (SSSR count). The molecule has 0 aliphatic carbocycles. The number of likely N-dealkylation sites (tertiary alicyclic amines) is 1. The van der Waals surface area contributed by atoms with Crippen molar-refractivity contribution in [2.45, 2.75) is 25.2 Å². The maximum atomic E-state index is 14.1. The van der Waals surface area contributed by atoms with Gasteiger partial charge in [0, 0.05) is 48.1 Å². The Morgan fingerprint density at radius 3 is 2.67 bits per heavy atom. The summed E-state index contributed by atoms with van der Waals surface area (Å²) >= 11 is 0. The largest absolute Gasteiger partial charge is 0.338 e. The molecule has 1 fully saturated rings. The van der Waals surface area contributed by atoms with E-state index in [1.165, 1.54) is 6.07 Å². The number of amides is 1. The van der Waals surface area contributed by atoms with Crippen molar-refractivity contribution in [1.82, 2.24) is 24.6 Å². The van der Waals surface area contributed by atoms with Crippen LogP contribution in [-0.4, -0.2) is 43.6 Å². The number of rotatable bonds is 5. The van der Waals surface area contributed by atoms with Crippen molar-refractivity contribution in [2.24, 2.45) is 0 Å². The number of benzene rings is 2. The topological polar surface area (TPSA) is 63.9 Å². The fourth-order valence-corrected chi connectivity index (χ4v) is 4.38. The zero-order valence-corrected chi connectivity index (χ0v) is 18.1. The Hall–Kier alpha value is -3.87. The molecule has 0 N–H and O–H groups in total. The number of nitrogens with zero attached hydrogens (tertiary/aromatic N) is 5. The second kappa shape index (κ2) is 9.32. The van der Waals surface area contributed by atoms with Crippen LogP contribution in [0.15, 0.2) is 79.4 Å². The molecule has 166 valence electrons. The van der Waals surface area contributed by atoms with Gasteiger partial charge in [0.1, 0.15) is 18.5 Å². The van der Waals surface area contributed by atoms with E-state index in [-0.39, 0.29) is 17.6 Å². The zero-order valence-electron chi connectivity index (χ0n) is 18.1. The van der Waals surface area contributed by atoms with Gasteiger partial charge >= 0.3 is 0 Å². The van der Waals surface area contributed by atoms with Crippen molar-refractivity contribution >= 4 is 5.91 Å². The highest BCUT2D eigenvalue weighted by molar-refractivity contribution is 5.94. The normalized spacial score (nSPS) is 16.0. The average Bonchev–Trinajstić information content (AvgIpc) is 3.41. The van der Waals surface area contributed by atoms with Crippen molar-refractivity contribution in [2.75, 3.05) is 13.1 Å². The molecule has 3 heterocycles. The maximum Gasteiger partial charge on any atom is 0.253 e. The molecule has 1 aliphatic rings. The Bertz CT molecular complexity index is 1260. The number of aromatic nitrogens is 4. The molecule has 0 saturated carbocycles. The van der Waals surface area contributed by atoms with Crippen LogP contribution in [0.2, 0.25) is 0 Å². The van der Waals surface area contributed by atoms with E-state index in [1.54, 1.807) is 29.4 Å². The third-order valence-corrected chi connectivity index (χ3v) is 6.09. The second-order valence-electron chi connectivity index (χ2n) is 8.33. The summed E-state index contributed by atoms with van der Waals surface area (Å²) < 4.78 is 15.8. The van der Waals surface area contributed by atoms with Gasteiger partial charge in [-0.3, -0.25) is 14.3 Å². The number of pyridine rings is 1. The van der Waals surface area contributed by atoms with Crippen LogP contribution < -0.4 is 0 Å². The van der Waals surface area contributed by atoms with E-state index in [9.17, 15) is 9.18 Å². The van der Waals surface area contributed by atoms with Gasteiger partial charge in [-0.15, -0.1) is 10.2 Å². The van der Waals surface area contributed by atoms with Crippen LogP contribution in [0.5, 0.6) is 0 Å². The van der Waals surface area contributed by atoms with E-state index in [0.29, 0.717) is 24.1 Å². The first kappa shape index (κ1) is 21.0. The lowest BCUT2D eigenvalue weighted by Gasteiger charge is -2.32. The van der Waals surface area contributed by atoms with Gasteiger partial charge in [0.15, 0.2) is 0 Å². The van der Waals surface area contributed by atoms with Crippen molar-refractivity contribution in [3.05, 3.63) is 108 Å². The summed E-state index contributed by atoms with van der Waals surface area (Å²) in [7, 11) is 0. The van der Waals surface area contributed by atoms with E-state index in [2.05, 4.69) is 10.2 Å². The highest BCUT2D eigenvalue weighted by Gasteiger charge is 2.26. The minimum atomic E-state index is -0.215. The quantitative estimate of drug-likeness (QED) is 0.460. The lowest BCUT2D eigenvalue weighted by atomic mass is 9.93. The summed E-state index contributed by atoms with van der Waals surface area (Å²) in [5, 5.41) is 7.67. The van der Waals surface area contributed by atoms with E-state index < -0.39 is 0 Å². The predicted molar refractivity (Wildman–Crippen MR) is 123 cm³/mol. The van der Waals surface area contributed by atoms with Gasteiger partial charge in [-0.05, 0) is 54.8 Å². The Morgan fingerprint density at radius 1 is 1.00 bits per heavy atom.